The number of halogens is 1. The van der Waals surface area contributed by atoms with Crippen LogP contribution in [0.5, 0.6) is 0 Å². The van der Waals surface area contributed by atoms with Gasteiger partial charge in [-0.25, -0.2) is 4.39 Å². The van der Waals surface area contributed by atoms with Crippen LogP contribution in [0, 0.1) is 5.82 Å². The first-order chi connectivity index (χ1) is 12.4. The number of aromatic nitrogens is 1. The quantitative estimate of drug-likeness (QED) is 0.734. The Morgan fingerprint density at radius 2 is 1.96 bits per heavy atom. The molecule has 0 spiro atoms. The fraction of sp³-hybridized carbons (Fsp3) is 0.238. The number of amides is 1. The van der Waals surface area contributed by atoms with Gasteiger partial charge >= 0.3 is 0 Å². The summed E-state index contributed by atoms with van der Waals surface area (Å²) < 4.78 is 13.2. The molecule has 0 radical (unpaired) electrons. The first-order valence-corrected chi connectivity index (χ1v) is 8.63. The molecule has 0 saturated carbocycles. The number of fused-ring (bicyclic) bond motifs is 1. The predicted molar refractivity (Wildman–Crippen MR) is 101 cm³/mol. The third kappa shape index (κ3) is 3.99. The average molecular weight is 352 g/mol. The highest BCUT2D eigenvalue weighted by molar-refractivity contribution is 5.94. The van der Waals surface area contributed by atoms with Crippen molar-refractivity contribution in [2.75, 3.05) is 6.54 Å². The molecule has 3 aromatic rings. The highest BCUT2D eigenvalue weighted by Crippen LogP contribution is 2.20. The summed E-state index contributed by atoms with van der Waals surface area (Å²) in [4.78, 5) is 27.1. The zero-order valence-corrected chi connectivity index (χ0v) is 14.8. The molecule has 1 aromatic heterocycles. The van der Waals surface area contributed by atoms with Gasteiger partial charge in [0.2, 0.25) is 0 Å². The van der Waals surface area contributed by atoms with Gasteiger partial charge in [0.05, 0.1) is 0 Å². The van der Waals surface area contributed by atoms with E-state index in [2.05, 4.69) is 30.2 Å². The summed E-state index contributed by atoms with van der Waals surface area (Å²) in [5.41, 5.74) is 2.72. The van der Waals surface area contributed by atoms with E-state index in [1.165, 1.54) is 23.8 Å². The summed E-state index contributed by atoms with van der Waals surface area (Å²) in [5.74, 6) is -0.409. The number of hydrogen-bond acceptors (Lipinski definition) is 2. The van der Waals surface area contributed by atoms with Gasteiger partial charge in [-0.2, -0.15) is 0 Å². The predicted octanol–water partition coefficient (Wildman–Crippen LogP) is 3.76. The molecule has 0 saturated heterocycles. The molecule has 5 heteroatoms. The monoisotopic (exact) mass is 352 g/mol. The van der Waals surface area contributed by atoms with E-state index in [9.17, 15) is 14.0 Å². The number of nitrogens with one attached hydrogen (secondary N) is 2. The molecule has 3 rings (SSSR count). The molecule has 26 heavy (non-hydrogen) atoms. The second-order valence-corrected chi connectivity index (χ2v) is 6.64. The molecule has 2 aromatic carbocycles. The van der Waals surface area contributed by atoms with Gasteiger partial charge in [0.1, 0.15) is 5.82 Å². The average Bonchev–Trinajstić information content (AvgIpc) is 2.61. The summed E-state index contributed by atoms with van der Waals surface area (Å²) in [6, 6.07) is 13.4. The fourth-order valence-electron chi connectivity index (χ4n) is 2.86. The summed E-state index contributed by atoms with van der Waals surface area (Å²) in [6.45, 7) is 4.54. The molecule has 0 unspecified atom stereocenters. The van der Waals surface area contributed by atoms with Gasteiger partial charge in [-0.3, -0.25) is 9.59 Å². The maximum absolute atomic E-state index is 13.2. The number of carbonyl (C=O) groups is 1. The standard InChI is InChI=1S/C21H21FN2O2/c1-13(2)14-6-7-19-17(10-14)11-16(21(26)24-19)8-9-23-20(25)15-4-3-5-18(22)12-15/h3-7,10-13H,8-9H2,1-2H3,(H,23,25)(H,24,26). The van der Waals surface area contributed by atoms with Gasteiger partial charge in [-0.05, 0) is 59.7 Å². The van der Waals surface area contributed by atoms with Crippen molar-refractivity contribution >= 4 is 16.8 Å². The first-order valence-electron chi connectivity index (χ1n) is 8.63. The lowest BCUT2D eigenvalue weighted by molar-refractivity contribution is 0.0953. The number of rotatable bonds is 5. The number of hydrogen-bond donors (Lipinski definition) is 2. The smallest absolute Gasteiger partial charge is 0.251 e. The van der Waals surface area contributed by atoms with E-state index in [1.807, 2.05) is 18.2 Å². The van der Waals surface area contributed by atoms with E-state index < -0.39 is 5.82 Å². The number of pyridine rings is 1. The molecule has 134 valence electrons. The second-order valence-electron chi connectivity index (χ2n) is 6.64. The summed E-state index contributed by atoms with van der Waals surface area (Å²) >= 11 is 0. The Morgan fingerprint density at radius 1 is 1.15 bits per heavy atom. The summed E-state index contributed by atoms with van der Waals surface area (Å²) in [6.07, 6.45) is 0.401. The Labute approximate surface area is 151 Å². The lowest BCUT2D eigenvalue weighted by Gasteiger charge is -2.09. The van der Waals surface area contributed by atoms with Crippen LogP contribution in [-0.2, 0) is 6.42 Å². The number of benzene rings is 2. The van der Waals surface area contributed by atoms with E-state index in [4.69, 9.17) is 0 Å². The Bertz CT molecular complexity index is 1010. The molecular formula is C21H21FN2O2. The van der Waals surface area contributed by atoms with Crippen LogP contribution in [0.2, 0.25) is 0 Å². The maximum atomic E-state index is 13.2. The minimum absolute atomic E-state index is 0.158. The van der Waals surface area contributed by atoms with Crippen LogP contribution in [0.25, 0.3) is 10.9 Å². The lowest BCUT2D eigenvalue weighted by Crippen LogP contribution is -2.27. The van der Waals surface area contributed by atoms with E-state index >= 15 is 0 Å². The number of aromatic amines is 1. The van der Waals surface area contributed by atoms with Gasteiger partial charge < -0.3 is 10.3 Å². The van der Waals surface area contributed by atoms with Crippen molar-refractivity contribution in [3.8, 4) is 0 Å². The van der Waals surface area contributed by atoms with Gasteiger partial charge in [-0.15, -0.1) is 0 Å². The van der Waals surface area contributed by atoms with Crippen molar-refractivity contribution in [1.82, 2.24) is 10.3 Å². The lowest BCUT2D eigenvalue weighted by atomic mass is 10.0. The van der Waals surface area contributed by atoms with E-state index in [-0.39, 0.29) is 17.0 Å². The molecule has 0 atom stereocenters. The Hall–Kier alpha value is -2.95. The van der Waals surface area contributed by atoms with E-state index in [1.54, 1.807) is 6.07 Å². The Kier molecular flexibility index (Phi) is 5.16. The molecule has 0 bridgehead atoms. The molecule has 4 nitrogen and oxygen atoms in total. The maximum Gasteiger partial charge on any atom is 0.251 e. The van der Waals surface area contributed by atoms with Gasteiger partial charge in [0.25, 0.3) is 11.5 Å². The molecule has 0 aliphatic heterocycles. The zero-order chi connectivity index (χ0) is 18.7. The Balaban J connectivity index is 1.73. The molecule has 0 aliphatic carbocycles. The van der Waals surface area contributed by atoms with Crippen LogP contribution < -0.4 is 10.9 Å². The minimum atomic E-state index is -0.454. The molecule has 1 heterocycles. The van der Waals surface area contributed by atoms with E-state index in [0.717, 1.165) is 10.9 Å². The van der Waals surface area contributed by atoms with Gasteiger partial charge in [0, 0.05) is 23.2 Å². The highest BCUT2D eigenvalue weighted by atomic mass is 19.1. The van der Waals surface area contributed by atoms with Crippen LogP contribution in [0.1, 0.15) is 41.3 Å². The van der Waals surface area contributed by atoms with Crippen molar-refractivity contribution in [3.63, 3.8) is 0 Å². The zero-order valence-electron chi connectivity index (χ0n) is 14.8. The van der Waals surface area contributed by atoms with Crippen molar-refractivity contribution in [2.24, 2.45) is 0 Å². The van der Waals surface area contributed by atoms with Crippen LogP contribution >= 0.6 is 0 Å². The molecule has 0 aliphatic rings. The van der Waals surface area contributed by atoms with Crippen molar-refractivity contribution in [3.05, 3.63) is 81.4 Å². The largest absolute Gasteiger partial charge is 0.352 e. The second kappa shape index (κ2) is 7.52. The van der Waals surface area contributed by atoms with Gasteiger partial charge in [-0.1, -0.05) is 26.0 Å². The van der Waals surface area contributed by atoms with Crippen LogP contribution in [-0.4, -0.2) is 17.4 Å². The van der Waals surface area contributed by atoms with Crippen LogP contribution in [0.3, 0.4) is 0 Å². The SMILES string of the molecule is CC(C)c1ccc2[nH]c(=O)c(CCNC(=O)c3cccc(F)c3)cc2c1. The topological polar surface area (TPSA) is 62.0 Å². The fourth-order valence-corrected chi connectivity index (χ4v) is 2.86. The molecule has 2 N–H and O–H groups in total. The molecule has 1 amide bonds. The van der Waals surface area contributed by atoms with Gasteiger partial charge in [0.15, 0.2) is 0 Å². The molecule has 0 fully saturated rings. The summed E-state index contributed by atoms with van der Waals surface area (Å²) in [7, 11) is 0. The van der Waals surface area contributed by atoms with Crippen LogP contribution in [0.4, 0.5) is 4.39 Å². The Morgan fingerprint density at radius 3 is 2.69 bits per heavy atom. The third-order valence-electron chi connectivity index (χ3n) is 4.38. The normalized spacial score (nSPS) is 11.1. The first kappa shape index (κ1) is 17.9. The van der Waals surface area contributed by atoms with E-state index in [0.29, 0.717) is 24.4 Å². The molecular weight excluding hydrogens is 331 g/mol. The summed E-state index contributed by atoms with van der Waals surface area (Å²) in [5, 5.41) is 3.70. The number of H-pyrrole nitrogens is 1. The third-order valence-corrected chi connectivity index (χ3v) is 4.38. The minimum Gasteiger partial charge on any atom is -0.352 e. The highest BCUT2D eigenvalue weighted by Gasteiger charge is 2.08. The van der Waals surface area contributed by atoms with Crippen LogP contribution in [0.15, 0.2) is 53.3 Å². The van der Waals surface area contributed by atoms with Crippen molar-refractivity contribution in [1.29, 1.82) is 0 Å². The van der Waals surface area contributed by atoms with Crippen molar-refractivity contribution in [2.45, 2.75) is 26.2 Å². The van der Waals surface area contributed by atoms with Crippen molar-refractivity contribution < 1.29 is 9.18 Å². The number of carbonyl (C=O) groups excluding carboxylic acids is 1.